The molecular weight excluding hydrogens is 232 g/mol. The minimum atomic E-state index is 0.975. The normalized spacial score (nSPS) is 22.7. The van der Waals surface area contributed by atoms with Gasteiger partial charge in [-0.3, -0.25) is 0 Å². The Morgan fingerprint density at radius 1 is 1.00 bits per heavy atom. The van der Waals surface area contributed by atoms with Gasteiger partial charge >= 0.3 is 0 Å². The van der Waals surface area contributed by atoms with Gasteiger partial charge in [-0.1, -0.05) is 12.1 Å². The third-order valence-corrected chi connectivity index (χ3v) is 4.96. The predicted molar refractivity (Wildman–Crippen MR) is 81.7 cm³/mol. The lowest BCUT2D eigenvalue weighted by Crippen LogP contribution is -2.39. The first kappa shape index (κ1) is 13.0. The van der Waals surface area contributed by atoms with Crippen LogP contribution in [-0.4, -0.2) is 26.2 Å². The van der Waals surface area contributed by atoms with Gasteiger partial charge in [0.1, 0.15) is 0 Å². The molecule has 19 heavy (non-hydrogen) atoms. The second-order valence-electron chi connectivity index (χ2n) is 6.25. The Bertz CT molecular complexity index is 401. The number of nitrogens with one attached hydrogen (secondary N) is 1. The molecule has 1 aromatic rings. The number of hydrogen-bond acceptors (Lipinski definition) is 2. The fourth-order valence-corrected chi connectivity index (χ4v) is 3.77. The van der Waals surface area contributed by atoms with E-state index in [2.05, 4.69) is 41.4 Å². The van der Waals surface area contributed by atoms with Gasteiger partial charge in [-0.25, -0.2) is 0 Å². The molecule has 0 bridgehead atoms. The Labute approximate surface area is 117 Å². The van der Waals surface area contributed by atoms with E-state index in [-0.39, 0.29) is 0 Å². The molecule has 2 aliphatic heterocycles. The molecule has 3 rings (SSSR count). The first-order valence-electron chi connectivity index (χ1n) is 7.85. The fraction of sp³-hybridized carbons (Fsp3) is 0.647. The van der Waals surface area contributed by atoms with E-state index >= 15 is 0 Å². The molecule has 2 fully saturated rings. The van der Waals surface area contributed by atoms with Crippen molar-refractivity contribution in [3.05, 3.63) is 29.8 Å². The van der Waals surface area contributed by atoms with Gasteiger partial charge in [-0.05, 0) is 75.2 Å². The molecule has 2 saturated heterocycles. The molecule has 0 saturated carbocycles. The van der Waals surface area contributed by atoms with E-state index in [0.717, 1.165) is 11.8 Å². The summed E-state index contributed by atoms with van der Waals surface area (Å²) in [6, 6.07) is 8.96. The summed E-state index contributed by atoms with van der Waals surface area (Å²) in [5.74, 6) is 1.96. The van der Waals surface area contributed by atoms with Gasteiger partial charge in [-0.2, -0.15) is 0 Å². The average molecular weight is 258 g/mol. The summed E-state index contributed by atoms with van der Waals surface area (Å²) < 4.78 is 0. The zero-order valence-corrected chi connectivity index (χ0v) is 12.1. The molecule has 2 aliphatic rings. The fourth-order valence-electron chi connectivity index (χ4n) is 3.77. The third-order valence-electron chi connectivity index (χ3n) is 4.96. The van der Waals surface area contributed by atoms with Crippen molar-refractivity contribution in [2.45, 2.75) is 32.6 Å². The molecule has 0 radical (unpaired) electrons. The summed E-state index contributed by atoms with van der Waals surface area (Å²) in [7, 11) is 0. The molecule has 104 valence electrons. The minimum absolute atomic E-state index is 0.975. The van der Waals surface area contributed by atoms with E-state index in [1.165, 1.54) is 63.1 Å². The number of hydrogen-bond donors (Lipinski definition) is 1. The maximum absolute atomic E-state index is 3.48. The molecule has 0 spiro atoms. The zero-order chi connectivity index (χ0) is 13.1. The molecule has 2 nitrogen and oxygen atoms in total. The van der Waals surface area contributed by atoms with E-state index in [1.807, 2.05) is 0 Å². The molecule has 1 N–H and O–H groups in total. The molecule has 2 heterocycles. The van der Waals surface area contributed by atoms with Crippen molar-refractivity contribution in [2.75, 3.05) is 31.1 Å². The van der Waals surface area contributed by atoms with Crippen molar-refractivity contribution in [3.63, 3.8) is 0 Å². The van der Waals surface area contributed by atoms with Crippen LogP contribution in [0, 0.1) is 18.8 Å². The van der Waals surface area contributed by atoms with Crippen molar-refractivity contribution < 1.29 is 0 Å². The van der Waals surface area contributed by atoms with Crippen molar-refractivity contribution >= 4 is 5.69 Å². The second-order valence-corrected chi connectivity index (χ2v) is 6.25. The standard InChI is InChI=1S/C17H26N2/c1-14-3-2-4-17(13-14)19-11-7-16(8-12-19)15-5-9-18-10-6-15/h2-4,13,15-16,18H,5-12H2,1H3. The zero-order valence-electron chi connectivity index (χ0n) is 12.1. The van der Waals surface area contributed by atoms with E-state index in [4.69, 9.17) is 0 Å². The van der Waals surface area contributed by atoms with Gasteiger partial charge in [0.05, 0.1) is 0 Å². The van der Waals surface area contributed by atoms with E-state index < -0.39 is 0 Å². The maximum Gasteiger partial charge on any atom is 0.0368 e. The van der Waals surface area contributed by atoms with Gasteiger partial charge in [0.15, 0.2) is 0 Å². The third kappa shape index (κ3) is 3.11. The highest BCUT2D eigenvalue weighted by Crippen LogP contribution is 2.32. The molecule has 0 unspecified atom stereocenters. The highest BCUT2D eigenvalue weighted by Gasteiger charge is 2.27. The molecular formula is C17H26N2. The summed E-state index contributed by atoms with van der Waals surface area (Å²) in [5, 5.41) is 3.48. The van der Waals surface area contributed by atoms with Crippen LogP contribution in [0.2, 0.25) is 0 Å². The molecule has 0 amide bonds. The lowest BCUT2D eigenvalue weighted by molar-refractivity contribution is 0.222. The molecule has 0 aromatic heterocycles. The highest BCUT2D eigenvalue weighted by molar-refractivity contribution is 5.48. The summed E-state index contributed by atoms with van der Waals surface area (Å²) in [6.45, 7) is 7.16. The quantitative estimate of drug-likeness (QED) is 0.876. The Balaban J connectivity index is 1.57. The Morgan fingerprint density at radius 3 is 2.37 bits per heavy atom. The van der Waals surface area contributed by atoms with Crippen molar-refractivity contribution in [1.29, 1.82) is 0 Å². The number of anilines is 1. The number of nitrogens with zero attached hydrogens (tertiary/aromatic N) is 1. The van der Waals surface area contributed by atoms with Crippen LogP contribution < -0.4 is 10.2 Å². The maximum atomic E-state index is 3.48. The highest BCUT2D eigenvalue weighted by atomic mass is 15.1. The number of aryl methyl sites for hydroxylation is 1. The van der Waals surface area contributed by atoms with Crippen LogP contribution in [-0.2, 0) is 0 Å². The molecule has 0 aliphatic carbocycles. The Hall–Kier alpha value is -1.02. The van der Waals surface area contributed by atoms with Gasteiger partial charge < -0.3 is 10.2 Å². The van der Waals surface area contributed by atoms with E-state index in [0.29, 0.717) is 0 Å². The molecule has 2 heteroatoms. The smallest absolute Gasteiger partial charge is 0.0368 e. The van der Waals surface area contributed by atoms with Gasteiger partial charge in [-0.15, -0.1) is 0 Å². The van der Waals surface area contributed by atoms with E-state index in [9.17, 15) is 0 Å². The van der Waals surface area contributed by atoms with Crippen molar-refractivity contribution in [3.8, 4) is 0 Å². The van der Waals surface area contributed by atoms with Crippen molar-refractivity contribution in [1.82, 2.24) is 5.32 Å². The lowest BCUT2D eigenvalue weighted by Gasteiger charge is -2.38. The summed E-state index contributed by atoms with van der Waals surface area (Å²) >= 11 is 0. The summed E-state index contributed by atoms with van der Waals surface area (Å²) in [6.07, 6.45) is 5.57. The van der Waals surface area contributed by atoms with Crippen LogP contribution in [0.25, 0.3) is 0 Å². The van der Waals surface area contributed by atoms with Gasteiger partial charge in [0.25, 0.3) is 0 Å². The van der Waals surface area contributed by atoms with E-state index in [1.54, 1.807) is 0 Å². The first-order valence-corrected chi connectivity index (χ1v) is 7.85. The van der Waals surface area contributed by atoms with Crippen LogP contribution in [0.5, 0.6) is 0 Å². The Kier molecular flexibility index (Phi) is 4.07. The monoisotopic (exact) mass is 258 g/mol. The number of benzene rings is 1. The lowest BCUT2D eigenvalue weighted by atomic mass is 9.79. The first-order chi connectivity index (χ1) is 9.33. The predicted octanol–water partition coefficient (Wildman–Crippen LogP) is 3.21. The summed E-state index contributed by atoms with van der Waals surface area (Å²) in [4.78, 5) is 2.57. The van der Waals surface area contributed by atoms with Crippen LogP contribution in [0.1, 0.15) is 31.2 Å². The number of piperidine rings is 2. The Morgan fingerprint density at radius 2 is 1.68 bits per heavy atom. The van der Waals surface area contributed by atoms with Crippen molar-refractivity contribution in [2.24, 2.45) is 11.8 Å². The van der Waals surface area contributed by atoms with Crippen LogP contribution in [0.4, 0.5) is 5.69 Å². The largest absolute Gasteiger partial charge is 0.372 e. The minimum Gasteiger partial charge on any atom is -0.372 e. The number of rotatable bonds is 2. The van der Waals surface area contributed by atoms with Gasteiger partial charge in [0, 0.05) is 18.8 Å². The summed E-state index contributed by atoms with van der Waals surface area (Å²) in [5.41, 5.74) is 2.79. The average Bonchev–Trinajstić information content (AvgIpc) is 2.48. The van der Waals surface area contributed by atoms with Crippen LogP contribution >= 0.6 is 0 Å². The topological polar surface area (TPSA) is 15.3 Å². The molecule has 0 atom stereocenters. The SMILES string of the molecule is Cc1cccc(N2CCC(C3CCNCC3)CC2)c1. The van der Waals surface area contributed by atoms with Crippen LogP contribution in [0.15, 0.2) is 24.3 Å². The second kappa shape index (κ2) is 5.96. The van der Waals surface area contributed by atoms with Gasteiger partial charge in [0.2, 0.25) is 0 Å². The molecule has 1 aromatic carbocycles. The van der Waals surface area contributed by atoms with Crippen LogP contribution in [0.3, 0.4) is 0 Å².